The smallest absolute Gasteiger partial charge is 0.340 e. The van der Waals surface area contributed by atoms with Crippen molar-refractivity contribution in [2.45, 2.75) is 26.4 Å². The molecule has 5 rings (SSSR count). The number of hydrogen-bond donors (Lipinski definition) is 1. The highest BCUT2D eigenvalue weighted by molar-refractivity contribution is 5.86. The SMILES string of the molecule is Cc1c(Cc2ccccc2)c(=O)oc2c3c(ccc12)OC[NH+](Cc1cccnc1)C3. The minimum Gasteiger partial charge on any atom is -0.445 e. The quantitative estimate of drug-likeness (QED) is 0.536. The Labute approximate surface area is 174 Å². The number of aromatic nitrogens is 1. The lowest BCUT2D eigenvalue weighted by molar-refractivity contribution is -0.945. The summed E-state index contributed by atoms with van der Waals surface area (Å²) in [4.78, 5) is 18.3. The molecule has 2 aromatic heterocycles. The first-order valence-corrected chi connectivity index (χ1v) is 10.2. The molecule has 0 saturated heterocycles. The van der Waals surface area contributed by atoms with E-state index in [1.807, 2.05) is 61.7 Å². The molecule has 1 atom stereocenters. The summed E-state index contributed by atoms with van der Waals surface area (Å²) in [5.74, 6) is 0.802. The minimum atomic E-state index is -0.267. The molecule has 4 aromatic rings. The highest BCUT2D eigenvalue weighted by Crippen LogP contribution is 2.31. The van der Waals surface area contributed by atoms with Gasteiger partial charge in [-0.15, -0.1) is 0 Å². The standard InChI is InChI=1S/C25H22N2O3/c1-17-20-9-10-23-22(15-27(16-29-23)14-19-8-5-11-26-13-19)24(20)30-25(28)21(17)12-18-6-3-2-4-7-18/h2-11,13H,12,14-16H2,1H3/p+1. The molecule has 0 fully saturated rings. The van der Waals surface area contributed by atoms with E-state index in [0.717, 1.165) is 46.5 Å². The third-order valence-corrected chi connectivity index (χ3v) is 5.77. The van der Waals surface area contributed by atoms with E-state index in [4.69, 9.17) is 9.15 Å². The zero-order chi connectivity index (χ0) is 20.5. The number of aryl methyl sites for hydroxylation is 1. The first-order chi connectivity index (χ1) is 14.7. The Morgan fingerprint density at radius 3 is 2.67 bits per heavy atom. The van der Waals surface area contributed by atoms with Crippen LogP contribution in [0.3, 0.4) is 0 Å². The first-order valence-electron chi connectivity index (χ1n) is 10.2. The van der Waals surface area contributed by atoms with Gasteiger partial charge in [-0.25, -0.2) is 4.79 Å². The number of benzene rings is 2. The molecule has 1 aliphatic rings. The maximum Gasteiger partial charge on any atom is 0.340 e. The van der Waals surface area contributed by atoms with Gasteiger partial charge in [-0.2, -0.15) is 0 Å². The molecule has 0 spiro atoms. The second kappa shape index (κ2) is 7.76. The van der Waals surface area contributed by atoms with Gasteiger partial charge in [0.2, 0.25) is 6.73 Å². The molecule has 1 aliphatic heterocycles. The number of pyridine rings is 1. The molecule has 0 saturated carbocycles. The van der Waals surface area contributed by atoms with Crippen LogP contribution in [-0.2, 0) is 19.5 Å². The van der Waals surface area contributed by atoms with Gasteiger partial charge in [0.05, 0.1) is 5.56 Å². The number of rotatable bonds is 4. The van der Waals surface area contributed by atoms with Crippen molar-refractivity contribution in [2.24, 2.45) is 0 Å². The van der Waals surface area contributed by atoms with Crippen LogP contribution in [0.5, 0.6) is 5.75 Å². The Morgan fingerprint density at radius 1 is 1.03 bits per heavy atom. The van der Waals surface area contributed by atoms with E-state index in [9.17, 15) is 4.79 Å². The lowest BCUT2D eigenvalue weighted by atomic mass is 9.98. The fourth-order valence-electron chi connectivity index (χ4n) is 4.18. The molecule has 0 bridgehead atoms. The minimum absolute atomic E-state index is 0.267. The van der Waals surface area contributed by atoms with Crippen molar-refractivity contribution in [1.29, 1.82) is 0 Å². The zero-order valence-electron chi connectivity index (χ0n) is 16.9. The Morgan fingerprint density at radius 2 is 1.87 bits per heavy atom. The number of fused-ring (bicyclic) bond motifs is 3. The Bertz CT molecular complexity index is 1250. The molecular weight excluding hydrogens is 376 g/mol. The van der Waals surface area contributed by atoms with Gasteiger partial charge >= 0.3 is 5.63 Å². The Balaban J connectivity index is 1.52. The van der Waals surface area contributed by atoms with E-state index >= 15 is 0 Å². The summed E-state index contributed by atoms with van der Waals surface area (Å²) in [5.41, 5.74) is 5.29. The van der Waals surface area contributed by atoms with Gasteiger partial charge < -0.3 is 9.15 Å². The molecule has 2 aromatic carbocycles. The van der Waals surface area contributed by atoms with Crippen LogP contribution >= 0.6 is 0 Å². The van der Waals surface area contributed by atoms with Crippen LogP contribution < -0.4 is 15.3 Å². The molecule has 0 amide bonds. The van der Waals surface area contributed by atoms with Crippen LogP contribution in [0, 0.1) is 6.92 Å². The fraction of sp³-hybridized carbons (Fsp3) is 0.200. The molecule has 0 aliphatic carbocycles. The fourth-order valence-corrected chi connectivity index (χ4v) is 4.18. The summed E-state index contributed by atoms with van der Waals surface area (Å²) in [5, 5.41) is 0.977. The molecule has 3 heterocycles. The van der Waals surface area contributed by atoms with Crippen LogP contribution in [0.25, 0.3) is 11.0 Å². The van der Waals surface area contributed by atoms with Gasteiger partial charge in [0, 0.05) is 35.3 Å². The van der Waals surface area contributed by atoms with E-state index < -0.39 is 0 Å². The average molecular weight is 399 g/mol. The molecule has 0 radical (unpaired) electrons. The normalized spacial score (nSPS) is 15.6. The number of nitrogens with zero attached hydrogens (tertiary/aromatic N) is 1. The van der Waals surface area contributed by atoms with Gasteiger partial charge in [0.1, 0.15) is 18.8 Å². The van der Waals surface area contributed by atoms with Crippen molar-refractivity contribution in [2.75, 3.05) is 6.73 Å². The molecule has 1 unspecified atom stereocenters. The number of nitrogens with one attached hydrogen (secondary N) is 1. The molecule has 5 heteroatoms. The second-order valence-corrected chi connectivity index (χ2v) is 7.83. The Kier molecular flexibility index (Phi) is 4.81. The Hall–Kier alpha value is -3.44. The van der Waals surface area contributed by atoms with E-state index in [-0.39, 0.29) is 5.63 Å². The average Bonchev–Trinajstić information content (AvgIpc) is 2.78. The van der Waals surface area contributed by atoms with E-state index in [1.54, 1.807) is 6.20 Å². The molecule has 150 valence electrons. The number of quaternary nitrogens is 1. The first kappa shape index (κ1) is 18.6. The van der Waals surface area contributed by atoms with Crippen molar-refractivity contribution < 1.29 is 14.1 Å². The zero-order valence-corrected chi connectivity index (χ0v) is 16.9. The maximum absolute atomic E-state index is 12.9. The highest BCUT2D eigenvalue weighted by Gasteiger charge is 2.26. The predicted molar refractivity (Wildman–Crippen MR) is 115 cm³/mol. The van der Waals surface area contributed by atoms with Gasteiger partial charge in [-0.1, -0.05) is 36.4 Å². The molecule has 5 nitrogen and oxygen atoms in total. The lowest BCUT2D eigenvalue weighted by Crippen LogP contribution is -3.10. The summed E-state index contributed by atoms with van der Waals surface area (Å²) in [7, 11) is 0. The van der Waals surface area contributed by atoms with Crippen LogP contribution in [-0.4, -0.2) is 11.7 Å². The van der Waals surface area contributed by atoms with Gasteiger partial charge in [-0.05, 0) is 36.2 Å². The predicted octanol–water partition coefficient (Wildman–Crippen LogP) is 3.02. The van der Waals surface area contributed by atoms with Gasteiger partial charge in [-0.3, -0.25) is 9.88 Å². The van der Waals surface area contributed by atoms with Crippen LogP contribution in [0.1, 0.15) is 27.8 Å². The summed E-state index contributed by atoms with van der Waals surface area (Å²) < 4.78 is 11.9. The van der Waals surface area contributed by atoms with E-state index in [2.05, 4.69) is 11.1 Å². The summed E-state index contributed by atoms with van der Waals surface area (Å²) in [6, 6.07) is 18.0. The van der Waals surface area contributed by atoms with Crippen molar-refractivity contribution in [3.05, 3.63) is 105 Å². The van der Waals surface area contributed by atoms with Crippen molar-refractivity contribution in [3.63, 3.8) is 0 Å². The van der Waals surface area contributed by atoms with E-state index in [0.29, 0.717) is 24.3 Å². The maximum atomic E-state index is 12.9. The number of ether oxygens (including phenoxy) is 1. The van der Waals surface area contributed by atoms with Gasteiger partial charge in [0.15, 0.2) is 5.58 Å². The van der Waals surface area contributed by atoms with Gasteiger partial charge in [0.25, 0.3) is 0 Å². The molecule has 30 heavy (non-hydrogen) atoms. The molecular formula is C25H23N2O3+. The monoisotopic (exact) mass is 399 g/mol. The van der Waals surface area contributed by atoms with Crippen molar-refractivity contribution >= 4 is 11.0 Å². The van der Waals surface area contributed by atoms with Crippen LogP contribution in [0.2, 0.25) is 0 Å². The van der Waals surface area contributed by atoms with Crippen LogP contribution in [0.15, 0.2) is 76.2 Å². The topological polar surface area (TPSA) is 56.8 Å². The largest absolute Gasteiger partial charge is 0.445 e. The van der Waals surface area contributed by atoms with Crippen LogP contribution in [0.4, 0.5) is 0 Å². The second-order valence-electron chi connectivity index (χ2n) is 7.83. The summed E-state index contributed by atoms with van der Waals surface area (Å²) in [6.07, 6.45) is 4.22. The van der Waals surface area contributed by atoms with Crippen molar-refractivity contribution in [1.82, 2.24) is 4.98 Å². The molecule has 1 N–H and O–H groups in total. The number of hydrogen-bond acceptors (Lipinski definition) is 4. The lowest BCUT2D eigenvalue weighted by Gasteiger charge is -2.26. The summed E-state index contributed by atoms with van der Waals surface area (Å²) in [6.45, 7) is 4.12. The van der Waals surface area contributed by atoms with Crippen molar-refractivity contribution in [3.8, 4) is 5.75 Å². The third-order valence-electron chi connectivity index (χ3n) is 5.77. The third kappa shape index (κ3) is 3.48. The highest BCUT2D eigenvalue weighted by atomic mass is 16.5. The summed E-state index contributed by atoms with van der Waals surface area (Å²) >= 11 is 0. The van der Waals surface area contributed by atoms with E-state index in [1.165, 1.54) is 4.90 Å².